The molecule has 28 heavy (non-hydrogen) atoms. The number of nitrogens with zero attached hydrogens (tertiary/aromatic N) is 1. The summed E-state index contributed by atoms with van der Waals surface area (Å²) in [6.45, 7) is 6.08. The van der Waals surface area contributed by atoms with E-state index < -0.39 is 0 Å². The predicted molar refractivity (Wildman–Crippen MR) is 119 cm³/mol. The fraction of sp³-hybridized carbons (Fsp3) is 0.435. The second-order valence-corrected chi connectivity index (χ2v) is 8.96. The van der Waals surface area contributed by atoms with Crippen molar-refractivity contribution >= 4 is 29.5 Å². The Labute approximate surface area is 178 Å². The summed E-state index contributed by atoms with van der Waals surface area (Å²) in [6.07, 6.45) is 3.69. The molecule has 0 aliphatic carbocycles. The molecule has 1 atom stereocenters. The summed E-state index contributed by atoms with van der Waals surface area (Å²) in [4.78, 5) is 16.4. The average molecular weight is 417 g/mol. The Bertz CT molecular complexity index is 740. The summed E-state index contributed by atoms with van der Waals surface area (Å²) in [5, 5.41) is 0.770. The normalized spacial score (nSPS) is 16.2. The van der Waals surface area contributed by atoms with Gasteiger partial charge in [0.05, 0.1) is 6.04 Å². The number of carbonyl (C=O) groups excluding carboxylic acids is 1. The van der Waals surface area contributed by atoms with Gasteiger partial charge in [0, 0.05) is 23.0 Å². The van der Waals surface area contributed by atoms with Crippen LogP contribution in [0, 0.1) is 12.8 Å². The van der Waals surface area contributed by atoms with Gasteiger partial charge in [-0.1, -0.05) is 54.9 Å². The summed E-state index contributed by atoms with van der Waals surface area (Å²) in [5.41, 5.74) is 2.31. The fourth-order valence-electron chi connectivity index (χ4n) is 3.49. The molecule has 2 aromatic rings. The third-order valence-electron chi connectivity index (χ3n) is 5.46. The first-order valence-electron chi connectivity index (χ1n) is 10.0. The highest BCUT2D eigenvalue weighted by atomic mass is 35.5. The van der Waals surface area contributed by atoms with Crippen LogP contribution in [0.1, 0.15) is 37.3 Å². The molecule has 1 N–H and O–H groups in total. The number of hydrogen-bond donors (Lipinski definition) is 1. The molecular formula is C23H29ClN2OS. The first-order chi connectivity index (χ1) is 13.5. The molecule has 0 aromatic heterocycles. The van der Waals surface area contributed by atoms with Gasteiger partial charge >= 0.3 is 0 Å². The number of amides is 1. The van der Waals surface area contributed by atoms with Crippen LogP contribution in [0.5, 0.6) is 0 Å². The molecule has 3 nitrogen and oxygen atoms in total. The Balaban J connectivity index is 1.68. The number of aryl methyl sites for hydroxylation is 2. The van der Waals surface area contributed by atoms with Crippen molar-refractivity contribution in [2.24, 2.45) is 5.92 Å². The summed E-state index contributed by atoms with van der Waals surface area (Å²) >= 11 is 7.88. The Morgan fingerprint density at radius 1 is 1.18 bits per heavy atom. The van der Waals surface area contributed by atoms with E-state index in [-0.39, 0.29) is 11.9 Å². The van der Waals surface area contributed by atoms with E-state index in [1.807, 2.05) is 41.3 Å². The lowest BCUT2D eigenvalue weighted by atomic mass is 9.98. The molecule has 150 valence electrons. The maximum absolute atomic E-state index is 13.2. The summed E-state index contributed by atoms with van der Waals surface area (Å²) in [7, 11) is 0. The number of benzene rings is 2. The molecule has 1 aliphatic rings. The van der Waals surface area contributed by atoms with Crippen LogP contribution in [0.2, 0.25) is 5.02 Å². The van der Waals surface area contributed by atoms with Gasteiger partial charge in [0.25, 0.3) is 0 Å². The van der Waals surface area contributed by atoms with E-state index in [0.717, 1.165) is 54.3 Å². The number of hydrogen-bond acceptors (Lipinski definition) is 3. The molecule has 0 saturated carbocycles. The second kappa shape index (κ2) is 10.3. The Hall–Kier alpha value is -1.49. The number of nitrogens with one attached hydrogen (secondary N) is 1. The highest BCUT2D eigenvalue weighted by Crippen LogP contribution is 2.24. The molecule has 1 aliphatic heterocycles. The van der Waals surface area contributed by atoms with Crippen LogP contribution >= 0.6 is 23.5 Å². The molecule has 1 unspecified atom stereocenters. The minimum absolute atomic E-state index is 0.208. The van der Waals surface area contributed by atoms with Crippen LogP contribution in [-0.4, -0.2) is 29.9 Å². The lowest BCUT2D eigenvalue weighted by Gasteiger charge is -2.33. The van der Waals surface area contributed by atoms with Gasteiger partial charge in [-0.2, -0.15) is 0 Å². The molecule has 1 fully saturated rings. The van der Waals surface area contributed by atoms with Crippen LogP contribution in [-0.2, 0) is 11.2 Å². The van der Waals surface area contributed by atoms with Crippen molar-refractivity contribution < 1.29 is 4.79 Å². The molecule has 0 spiro atoms. The topological polar surface area (TPSA) is 32.3 Å². The number of rotatable bonds is 7. The van der Waals surface area contributed by atoms with Gasteiger partial charge in [-0.25, -0.2) is 4.72 Å². The van der Waals surface area contributed by atoms with Crippen LogP contribution in [0.25, 0.3) is 0 Å². The van der Waals surface area contributed by atoms with E-state index in [1.54, 1.807) is 11.9 Å². The first kappa shape index (κ1) is 21.2. The molecule has 3 rings (SSSR count). The third kappa shape index (κ3) is 5.76. The average Bonchev–Trinajstić information content (AvgIpc) is 2.70. The highest BCUT2D eigenvalue weighted by molar-refractivity contribution is 7.97. The molecule has 5 heteroatoms. The number of likely N-dealkylation sites (tertiary alicyclic amines) is 1. The maximum atomic E-state index is 13.2. The summed E-state index contributed by atoms with van der Waals surface area (Å²) < 4.78 is 3.46. The van der Waals surface area contributed by atoms with Crippen molar-refractivity contribution in [2.45, 2.75) is 50.5 Å². The van der Waals surface area contributed by atoms with E-state index >= 15 is 0 Å². The minimum Gasteiger partial charge on any atom is -0.341 e. The van der Waals surface area contributed by atoms with Crippen molar-refractivity contribution in [3.63, 3.8) is 0 Å². The smallest absolute Gasteiger partial charge is 0.240 e. The van der Waals surface area contributed by atoms with Crippen molar-refractivity contribution in [3.05, 3.63) is 64.7 Å². The fourth-order valence-corrected chi connectivity index (χ4v) is 4.58. The largest absolute Gasteiger partial charge is 0.341 e. The zero-order chi connectivity index (χ0) is 19.9. The van der Waals surface area contributed by atoms with Crippen molar-refractivity contribution in [1.82, 2.24) is 9.62 Å². The van der Waals surface area contributed by atoms with Gasteiger partial charge in [-0.3, -0.25) is 4.79 Å². The standard InChI is InChI=1S/C23H29ClN2OS/c1-17-13-15-26(16-14-17)23(27)21(12-11-19-8-4-5-9-20(19)24)25-28-22-10-6-3-7-18(22)2/h3-10,17,21,25H,11-16H2,1-2H3. The van der Waals surface area contributed by atoms with Crippen LogP contribution in [0.15, 0.2) is 53.4 Å². The zero-order valence-electron chi connectivity index (χ0n) is 16.7. The van der Waals surface area contributed by atoms with Crippen LogP contribution in [0.3, 0.4) is 0 Å². The van der Waals surface area contributed by atoms with Crippen molar-refractivity contribution in [3.8, 4) is 0 Å². The molecule has 0 bridgehead atoms. The lowest BCUT2D eigenvalue weighted by molar-refractivity contribution is -0.134. The van der Waals surface area contributed by atoms with E-state index in [2.05, 4.69) is 30.7 Å². The molecule has 1 amide bonds. The maximum Gasteiger partial charge on any atom is 0.240 e. The Kier molecular flexibility index (Phi) is 7.83. The highest BCUT2D eigenvalue weighted by Gasteiger charge is 2.27. The van der Waals surface area contributed by atoms with E-state index in [9.17, 15) is 4.79 Å². The van der Waals surface area contributed by atoms with Gasteiger partial charge in [-0.15, -0.1) is 0 Å². The number of halogens is 1. The van der Waals surface area contributed by atoms with Gasteiger partial charge in [-0.05, 0) is 73.7 Å². The monoisotopic (exact) mass is 416 g/mol. The van der Waals surface area contributed by atoms with Gasteiger partial charge in [0.15, 0.2) is 0 Å². The minimum atomic E-state index is -0.228. The van der Waals surface area contributed by atoms with Gasteiger partial charge in [0.1, 0.15) is 0 Å². The van der Waals surface area contributed by atoms with Crippen LogP contribution in [0.4, 0.5) is 0 Å². The number of piperidine rings is 1. The third-order valence-corrected chi connectivity index (χ3v) is 6.91. The Morgan fingerprint density at radius 2 is 1.86 bits per heavy atom. The van der Waals surface area contributed by atoms with E-state index in [0.29, 0.717) is 5.92 Å². The van der Waals surface area contributed by atoms with E-state index in [1.165, 1.54) is 5.56 Å². The quantitative estimate of drug-likeness (QED) is 0.604. The molecular weight excluding hydrogens is 388 g/mol. The summed E-state index contributed by atoms with van der Waals surface area (Å²) in [6, 6.07) is 15.9. The second-order valence-electron chi connectivity index (χ2n) is 7.68. The van der Waals surface area contributed by atoms with Gasteiger partial charge in [0.2, 0.25) is 5.91 Å². The summed E-state index contributed by atoms with van der Waals surface area (Å²) in [5.74, 6) is 0.917. The van der Waals surface area contributed by atoms with Crippen molar-refractivity contribution in [2.75, 3.05) is 13.1 Å². The van der Waals surface area contributed by atoms with E-state index in [4.69, 9.17) is 11.6 Å². The Morgan fingerprint density at radius 3 is 2.57 bits per heavy atom. The molecule has 1 heterocycles. The number of carbonyl (C=O) groups is 1. The van der Waals surface area contributed by atoms with Gasteiger partial charge < -0.3 is 4.90 Å². The molecule has 1 saturated heterocycles. The zero-order valence-corrected chi connectivity index (χ0v) is 18.2. The van der Waals surface area contributed by atoms with Crippen molar-refractivity contribution in [1.29, 1.82) is 0 Å². The molecule has 0 radical (unpaired) electrons. The predicted octanol–water partition coefficient (Wildman–Crippen LogP) is 5.51. The SMILES string of the molecule is Cc1ccccc1SNC(CCc1ccccc1Cl)C(=O)N1CCC(C)CC1. The van der Waals surface area contributed by atoms with Crippen LogP contribution < -0.4 is 4.72 Å². The first-order valence-corrected chi connectivity index (χ1v) is 11.2. The molecule has 2 aromatic carbocycles. The lowest BCUT2D eigenvalue weighted by Crippen LogP contribution is -2.47.